The number of benzene rings is 1. The van der Waals surface area contributed by atoms with Crippen molar-refractivity contribution in [2.75, 3.05) is 0 Å². The van der Waals surface area contributed by atoms with E-state index in [2.05, 4.69) is 20.4 Å². The van der Waals surface area contributed by atoms with Crippen LogP contribution in [0, 0.1) is 22.7 Å². The third-order valence-corrected chi connectivity index (χ3v) is 6.51. The molecule has 3 fully saturated rings. The van der Waals surface area contributed by atoms with Gasteiger partial charge in [-0.05, 0) is 41.2 Å². The minimum Gasteiger partial charge on any atom is -0.392 e. The molecule has 0 amide bonds. The van der Waals surface area contributed by atoms with Crippen LogP contribution in [0.15, 0.2) is 36.9 Å². The fraction of sp³-hybridized carbons (Fsp3) is 0.579. The number of rotatable bonds is 3. The summed E-state index contributed by atoms with van der Waals surface area (Å²) in [5.41, 5.74) is 1.37. The quantitative estimate of drug-likeness (QED) is 0.893. The van der Waals surface area contributed by atoms with Gasteiger partial charge < -0.3 is 10.2 Å². The maximum Gasteiger partial charge on any atom is 0.0871 e. The van der Waals surface area contributed by atoms with E-state index in [1.165, 1.54) is 0 Å². The van der Waals surface area contributed by atoms with Crippen molar-refractivity contribution in [2.45, 2.75) is 45.8 Å². The van der Waals surface area contributed by atoms with E-state index in [0.717, 1.165) is 24.0 Å². The van der Waals surface area contributed by atoms with Crippen LogP contribution in [-0.4, -0.2) is 22.4 Å². The van der Waals surface area contributed by atoms with Crippen LogP contribution in [0.4, 0.5) is 0 Å². The van der Waals surface area contributed by atoms with E-state index in [9.17, 15) is 10.2 Å². The second-order valence-electron chi connectivity index (χ2n) is 7.72. The van der Waals surface area contributed by atoms with Crippen molar-refractivity contribution in [1.29, 1.82) is 0 Å². The summed E-state index contributed by atoms with van der Waals surface area (Å²) in [6.45, 7) is 10.7. The molecule has 2 bridgehead atoms. The summed E-state index contributed by atoms with van der Waals surface area (Å²) in [6, 6.07) is 9.81. The van der Waals surface area contributed by atoms with E-state index in [1.807, 2.05) is 37.3 Å². The van der Waals surface area contributed by atoms with Gasteiger partial charge in [-0.25, -0.2) is 0 Å². The molecule has 3 saturated carbocycles. The van der Waals surface area contributed by atoms with Gasteiger partial charge in [0.15, 0.2) is 0 Å². The fourth-order valence-electron chi connectivity index (χ4n) is 4.79. The molecule has 2 N–H and O–H groups in total. The van der Waals surface area contributed by atoms with Gasteiger partial charge in [-0.3, -0.25) is 0 Å². The van der Waals surface area contributed by atoms with Crippen LogP contribution in [0.3, 0.4) is 0 Å². The van der Waals surface area contributed by atoms with Gasteiger partial charge >= 0.3 is 0 Å². The Morgan fingerprint density at radius 2 is 1.81 bits per heavy atom. The first-order valence-corrected chi connectivity index (χ1v) is 7.90. The number of aliphatic hydroxyl groups excluding tert-OH is 2. The Morgan fingerprint density at radius 1 is 1.19 bits per heavy atom. The summed E-state index contributed by atoms with van der Waals surface area (Å²) in [7, 11) is 0. The van der Waals surface area contributed by atoms with Gasteiger partial charge in [0, 0.05) is 5.41 Å². The number of hydrogen-bond acceptors (Lipinski definition) is 2. The minimum absolute atomic E-state index is 0.200. The van der Waals surface area contributed by atoms with Gasteiger partial charge in [-0.1, -0.05) is 57.7 Å². The first kappa shape index (κ1) is 14.8. The van der Waals surface area contributed by atoms with Crippen LogP contribution < -0.4 is 0 Å². The lowest BCUT2D eigenvalue weighted by Gasteiger charge is -2.67. The molecule has 21 heavy (non-hydrogen) atoms. The van der Waals surface area contributed by atoms with Gasteiger partial charge in [0.25, 0.3) is 0 Å². The zero-order valence-electron chi connectivity index (χ0n) is 13.2. The van der Waals surface area contributed by atoms with E-state index in [1.54, 1.807) is 0 Å². The topological polar surface area (TPSA) is 40.5 Å². The Morgan fingerprint density at radius 3 is 2.38 bits per heavy atom. The van der Waals surface area contributed by atoms with Crippen LogP contribution >= 0.6 is 0 Å². The van der Waals surface area contributed by atoms with Crippen LogP contribution in [0.5, 0.6) is 0 Å². The zero-order valence-corrected chi connectivity index (χ0v) is 13.2. The largest absolute Gasteiger partial charge is 0.392 e. The van der Waals surface area contributed by atoms with E-state index in [4.69, 9.17) is 0 Å². The fourth-order valence-corrected chi connectivity index (χ4v) is 4.79. The third-order valence-electron chi connectivity index (χ3n) is 6.51. The lowest BCUT2D eigenvalue weighted by Crippen LogP contribution is -2.66. The Kier molecular flexibility index (Phi) is 3.30. The molecule has 0 saturated heterocycles. The normalized spacial score (nSPS) is 38.4. The Balaban J connectivity index is 1.92. The summed E-state index contributed by atoms with van der Waals surface area (Å²) >= 11 is 0. The van der Waals surface area contributed by atoms with E-state index in [0.29, 0.717) is 11.8 Å². The molecule has 0 heterocycles. The van der Waals surface area contributed by atoms with E-state index in [-0.39, 0.29) is 5.41 Å². The molecule has 4 rings (SSSR count). The van der Waals surface area contributed by atoms with Crippen molar-refractivity contribution < 1.29 is 10.2 Å². The molecule has 5 atom stereocenters. The Labute approximate surface area is 127 Å². The lowest BCUT2D eigenvalue weighted by atomic mass is 9.39. The van der Waals surface area contributed by atoms with Crippen molar-refractivity contribution >= 4 is 5.57 Å². The van der Waals surface area contributed by atoms with Crippen molar-refractivity contribution in [1.82, 2.24) is 0 Å². The summed E-state index contributed by atoms with van der Waals surface area (Å²) in [5.74, 6) is 0.928. The summed E-state index contributed by atoms with van der Waals surface area (Å²) in [6.07, 6.45) is 0.740. The molecule has 2 nitrogen and oxygen atoms in total. The number of hydrogen-bond donors (Lipinski definition) is 2. The second kappa shape index (κ2) is 4.69. The van der Waals surface area contributed by atoms with E-state index >= 15 is 0 Å². The smallest absolute Gasteiger partial charge is 0.0871 e. The molecule has 114 valence electrons. The lowest BCUT2D eigenvalue weighted by molar-refractivity contribution is -0.231. The SMILES string of the molecule is C=C(c1ccccc1)[C@@H](O)[C@]1(C)[C@H](O)C[C@@H]2C[C@H]1C2(C)C. The van der Waals surface area contributed by atoms with Crippen LogP contribution in [0.1, 0.15) is 39.2 Å². The van der Waals surface area contributed by atoms with Gasteiger partial charge in [-0.15, -0.1) is 0 Å². The molecular formula is C19H26O2. The van der Waals surface area contributed by atoms with Crippen molar-refractivity contribution in [2.24, 2.45) is 22.7 Å². The molecule has 0 unspecified atom stereocenters. The highest BCUT2D eigenvalue weighted by Gasteiger charge is 2.65. The van der Waals surface area contributed by atoms with Gasteiger partial charge in [0.2, 0.25) is 0 Å². The zero-order chi connectivity index (χ0) is 15.4. The molecule has 0 radical (unpaired) electrons. The second-order valence-corrected chi connectivity index (χ2v) is 7.72. The summed E-state index contributed by atoms with van der Waals surface area (Å²) < 4.78 is 0. The van der Waals surface area contributed by atoms with Gasteiger partial charge in [0.1, 0.15) is 0 Å². The standard InChI is InChI=1S/C19H26O2/c1-12(13-8-6-5-7-9-13)17(21)19(4)15-10-14(11-16(19)20)18(15,2)3/h5-9,14-17,20-21H,1,10-11H2,2-4H3/t14-,15-,16+,17+,19-/m0/s1. The molecule has 1 aromatic carbocycles. The maximum atomic E-state index is 11.0. The maximum absolute atomic E-state index is 11.0. The average Bonchev–Trinajstić information content (AvgIpc) is 2.48. The van der Waals surface area contributed by atoms with E-state index < -0.39 is 17.6 Å². The molecule has 2 heteroatoms. The van der Waals surface area contributed by atoms with Crippen molar-refractivity contribution in [3.05, 3.63) is 42.5 Å². The number of aliphatic hydroxyl groups is 2. The summed E-state index contributed by atoms with van der Waals surface area (Å²) in [4.78, 5) is 0. The highest BCUT2D eigenvalue weighted by atomic mass is 16.3. The average molecular weight is 286 g/mol. The molecule has 3 aliphatic carbocycles. The van der Waals surface area contributed by atoms with Gasteiger partial charge in [0.05, 0.1) is 12.2 Å². The number of fused-ring (bicyclic) bond motifs is 2. The van der Waals surface area contributed by atoms with Gasteiger partial charge in [-0.2, -0.15) is 0 Å². The van der Waals surface area contributed by atoms with Crippen molar-refractivity contribution in [3.8, 4) is 0 Å². The monoisotopic (exact) mass is 286 g/mol. The first-order valence-electron chi connectivity index (χ1n) is 7.90. The predicted octanol–water partition coefficient (Wildman–Crippen LogP) is 3.49. The highest BCUT2D eigenvalue weighted by Crippen LogP contribution is 2.67. The molecule has 0 aromatic heterocycles. The highest BCUT2D eigenvalue weighted by molar-refractivity contribution is 5.67. The molecule has 3 aliphatic rings. The molecular weight excluding hydrogens is 260 g/mol. The third kappa shape index (κ3) is 1.92. The minimum atomic E-state index is -0.708. The Hall–Kier alpha value is -1.12. The van der Waals surface area contributed by atoms with Crippen LogP contribution in [0.25, 0.3) is 5.57 Å². The predicted molar refractivity (Wildman–Crippen MR) is 85.6 cm³/mol. The van der Waals surface area contributed by atoms with Crippen molar-refractivity contribution in [3.63, 3.8) is 0 Å². The molecule has 0 spiro atoms. The first-order chi connectivity index (χ1) is 9.79. The molecule has 0 aliphatic heterocycles. The molecule has 1 aromatic rings. The Bertz CT molecular complexity index is 548. The van der Waals surface area contributed by atoms with Crippen LogP contribution in [-0.2, 0) is 0 Å². The summed E-state index contributed by atoms with van der Waals surface area (Å²) in [5, 5.41) is 21.6. The van der Waals surface area contributed by atoms with Crippen LogP contribution in [0.2, 0.25) is 0 Å².